The smallest absolute Gasteiger partial charge is 0.416 e. The Morgan fingerprint density at radius 3 is 2.21 bits per heavy atom. The van der Waals surface area contributed by atoms with Crippen LogP contribution in [-0.4, -0.2) is 31.9 Å². The Labute approximate surface area is 174 Å². The molecule has 0 spiro atoms. The molecule has 1 aliphatic carbocycles. The van der Waals surface area contributed by atoms with E-state index < -0.39 is 17.8 Å². The van der Waals surface area contributed by atoms with Gasteiger partial charge < -0.3 is 19.9 Å². The average Bonchev–Trinajstić information content (AvgIpc) is 2.70. The van der Waals surface area contributed by atoms with E-state index in [4.69, 9.17) is 9.47 Å². The van der Waals surface area contributed by atoms with Crippen LogP contribution in [0.2, 0.25) is 0 Å². The van der Waals surface area contributed by atoms with Gasteiger partial charge in [0, 0.05) is 12.6 Å². The number of methoxy groups -OCH3 is 2. The number of aryl methyl sites for hydroxylation is 1. The zero-order valence-electron chi connectivity index (χ0n) is 16.3. The van der Waals surface area contributed by atoms with Gasteiger partial charge in [-0.25, -0.2) is 0 Å². The predicted octanol–water partition coefficient (Wildman–Crippen LogP) is 4.32. The molecule has 0 radical (unpaired) electrons. The molecule has 0 bridgehead atoms. The van der Waals surface area contributed by atoms with E-state index in [1.807, 2.05) is 12.1 Å². The van der Waals surface area contributed by atoms with Gasteiger partial charge in [-0.15, -0.1) is 12.4 Å². The minimum Gasteiger partial charge on any atom is -0.493 e. The first-order chi connectivity index (χ1) is 13.3. The molecule has 0 saturated carbocycles. The van der Waals surface area contributed by atoms with Crippen molar-refractivity contribution in [2.45, 2.75) is 37.6 Å². The summed E-state index contributed by atoms with van der Waals surface area (Å²) in [5.74, 6) is 1.40. The zero-order chi connectivity index (χ0) is 20.3. The van der Waals surface area contributed by atoms with Gasteiger partial charge in [-0.3, -0.25) is 0 Å². The molecule has 8 heteroatoms. The molecule has 0 aromatic heterocycles. The lowest BCUT2D eigenvalue weighted by molar-refractivity contribution is -0.137. The number of hydrogen-bond acceptors (Lipinski definition) is 4. The third-order valence-electron chi connectivity index (χ3n) is 5.16. The van der Waals surface area contributed by atoms with Gasteiger partial charge >= 0.3 is 6.18 Å². The second-order valence-electron chi connectivity index (χ2n) is 6.96. The summed E-state index contributed by atoms with van der Waals surface area (Å²) in [7, 11) is 3.21. The number of aliphatic hydroxyl groups is 1. The van der Waals surface area contributed by atoms with Crippen molar-refractivity contribution in [3.05, 3.63) is 58.7 Å². The molecule has 2 atom stereocenters. The van der Waals surface area contributed by atoms with Crippen molar-refractivity contribution in [1.82, 2.24) is 5.32 Å². The van der Waals surface area contributed by atoms with Crippen LogP contribution in [0.25, 0.3) is 0 Å². The Morgan fingerprint density at radius 2 is 1.66 bits per heavy atom. The van der Waals surface area contributed by atoms with Crippen molar-refractivity contribution < 1.29 is 27.8 Å². The molecular weight excluding hydrogens is 407 g/mol. The lowest BCUT2D eigenvalue weighted by Crippen LogP contribution is -2.37. The van der Waals surface area contributed by atoms with Crippen LogP contribution in [0.5, 0.6) is 11.5 Å². The normalized spacial score (nSPS) is 17.1. The summed E-state index contributed by atoms with van der Waals surface area (Å²) in [5, 5.41) is 13.6. The Hall–Kier alpha value is -1.96. The van der Waals surface area contributed by atoms with E-state index in [9.17, 15) is 18.3 Å². The van der Waals surface area contributed by atoms with Gasteiger partial charge in [0.1, 0.15) is 0 Å². The second-order valence-corrected chi connectivity index (χ2v) is 6.96. The van der Waals surface area contributed by atoms with Crippen LogP contribution in [-0.2, 0) is 19.0 Å². The number of hydrogen-bond donors (Lipinski definition) is 2. The molecule has 3 rings (SSSR count). The van der Waals surface area contributed by atoms with Crippen LogP contribution >= 0.6 is 12.4 Å². The van der Waals surface area contributed by atoms with Crippen molar-refractivity contribution >= 4 is 12.4 Å². The van der Waals surface area contributed by atoms with Gasteiger partial charge in [0.25, 0.3) is 0 Å². The highest BCUT2D eigenvalue weighted by atomic mass is 35.5. The van der Waals surface area contributed by atoms with E-state index >= 15 is 0 Å². The first-order valence-corrected chi connectivity index (χ1v) is 9.14. The largest absolute Gasteiger partial charge is 0.493 e. The summed E-state index contributed by atoms with van der Waals surface area (Å²) in [5.41, 5.74) is 2.14. The number of aliphatic hydroxyl groups excluding tert-OH is 1. The molecule has 0 heterocycles. The number of rotatable bonds is 6. The van der Waals surface area contributed by atoms with Gasteiger partial charge in [0.2, 0.25) is 0 Å². The fourth-order valence-electron chi connectivity index (χ4n) is 3.55. The third-order valence-corrected chi connectivity index (χ3v) is 5.16. The minimum atomic E-state index is -4.37. The molecule has 29 heavy (non-hydrogen) atoms. The summed E-state index contributed by atoms with van der Waals surface area (Å²) < 4.78 is 48.6. The average molecular weight is 432 g/mol. The SMILES string of the molecule is COc1cc2c(cc1OC)CC(NCC(O)c1ccc(C(F)(F)F)cc1)CC2.Cl. The fourth-order valence-corrected chi connectivity index (χ4v) is 3.55. The van der Waals surface area contributed by atoms with Crippen molar-refractivity contribution in [2.24, 2.45) is 0 Å². The summed E-state index contributed by atoms with van der Waals surface area (Å²) in [4.78, 5) is 0. The van der Waals surface area contributed by atoms with Gasteiger partial charge in [0.15, 0.2) is 11.5 Å². The van der Waals surface area contributed by atoms with Crippen LogP contribution in [0.3, 0.4) is 0 Å². The molecule has 4 nitrogen and oxygen atoms in total. The lowest BCUT2D eigenvalue weighted by Gasteiger charge is -2.27. The van der Waals surface area contributed by atoms with Gasteiger partial charge in [-0.05, 0) is 60.2 Å². The summed E-state index contributed by atoms with van der Waals surface area (Å²) in [6, 6.07) is 8.79. The molecule has 2 aromatic rings. The highest BCUT2D eigenvalue weighted by Crippen LogP contribution is 2.34. The van der Waals surface area contributed by atoms with E-state index in [1.165, 1.54) is 23.3 Å². The number of ether oxygens (including phenoxy) is 2. The van der Waals surface area contributed by atoms with E-state index in [0.717, 1.165) is 31.4 Å². The highest BCUT2D eigenvalue weighted by Gasteiger charge is 2.30. The zero-order valence-corrected chi connectivity index (χ0v) is 17.1. The lowest BCUT2D eigenvalue weighted by atomic mass is 9.87. The molecule has 160 valence electrons. The van der Waals surface area contributed by atoms with Gasteiger partial charge in [-0.1, -0.05) is 12.1 Å². The molecular formula is C21H25ClF3NO3. The number of halogens is 4. The summed E-state index contributed by atoms with van der Waals surface area (Å²) in [6.07, 6.45) is -2.67. The van der Waals surface area contributed by atoms with Crippen LogP contribution in [0.15, 0.2) is 36.4 Å². The standard InChI is InChI=1S/C21H24F3NO3.ClH/c1-27-19-10-14-5-8-17(9-15(14)11-20(19)28-2)25-12-18(26)13-3-6-16(7-4-13)21(22,23)24;/h3-4,6-7,10-11,17-18,25-26H,5,8-9,12H2,1-2H3;1H. The molecule has 2 unspecified atom stereocenters. The number of nitrogens with one attached hydrogen (secondary N) is 1. The van der Waals surface area contributed by atoms with Crippen molar-refractivity contribution in [3.8, 4) is 11.5 Å². The second kappa shape index (κ2) is 9.69. The topological polar surface area (TPSA) is 50.7 Å². The Morgan fingerprint density at radius 1 is 1.07 bits per heavy atom. The highest BCUT2D eigenvalue weighted by molar-refractivity contribution is 5.85. The molecule has 2 aromatic carbocycles. The minimum absolute atomic E-state index is 0. The Balaban J connectivity index is 0.00000300. The third kappa shape index (κ3) is 5.56. The molecule has 0 saturated heterocycles. The number of fused-ring (bicyclic) bond motifs is 1. The molecule has 0 fully saturated rings. The summed E-state index contributed by atoms with van der Waals surface area (Å²) in [6.45, 7) is 0.276. The van der Waals surface area contributed by atoms with Crippen LogP contribution < -0.4 is 14.8 Å². The molecule has 1 aliphatic rings. The molecule has 0 aliphatic heterocycles. The number of alkyl halides is 3. The van der Waals surface area contributed by atoms with Crippen LogP contribution in [0.4, 0.5) is 13.2 Å². The Kier molecular flexibility index (Phi) is 7.80. The predicted molar refractivity (Wildman–Crippen MR) is 107 cm³/mol. The number of benzene rings is 2. The van der Waals surface area contributed by atoms with Gasteiger partial charge in [-0.2, -0.15) is 13.2 Å². The molecule has 2 N–H and O–H groups in total. The van der Waals surface area contributed by atoms with Crippen molar-refractivity contribution in [2.75, 3.05) is 20.8 Å². The van der Waals surface area contributed by atoms with E-state index in [0.29, 0.717) is 17.1 Å². The maximum atomic E-state index is 12.6. The van der Waals surface area contributed by atoms with E-state index in [-0.39, 0.29) is 25.0 Å². The fraction of sp³-hybridized carbons (Fsp3) is 0.429. The van der Waals surface area contributed by atoms with Crippen LogP contribution in [0.1, 0.15) is 34.8 Å². The maximum Gasteiger partial charge on any atom is 0.416 e. The quantitative estimate of drug-likeness (QED) is 0.715. The monoisotopic (exact) mass is 431 g/mol. The van der Waals surface area contributed by atoms with Crippen LogP contribution in [0, 0.1) is 0 Å². The maximum absolute atomic E-state index is 12.6. The van der Waals surface area contributed by atoms with E-state index in [1.54, 1.807) is 14.2 Å². The van der Waals surface area contributed by atoms with Gasteiger partial charge in [0.05, 0.1) is 25.9 Å². The van der Waals surface area contributed by atoms with Crippen molar-refractivity contribution in [1.29, 1.82) is 0 Å². The first-order valence-electron chi connectivity index (χ1n) is 9.14. The first kappa shape index (κ1) is 23.3. The van der Waals surface area contributed by atoms with E-state index in [2.05, 4.69) is 5.32 Å². The summed E-state index contributed by atoms with van der Waals surface area (Å²) >= 11 is 0. The van der Waals surface area contributed by atoms with Crippen molar-refractivity contribution in [3.63, 3.8) is 0 Å². The Bertz CT molecular complexity index is 812. The molecule has 0 amide bonds.